The zero-order valence-electron chi connectivity index (χ0n) is 14.5. The van der Waals surface area contributed by atoms with E-state index < -0.39 is 17.8 Å². The van der Waals surface area contributed by atoms with Crippen LogP contribution in [0.25, 0.3) is 0 Å². The van der Waals surface area contributed by atoms with E-state index in [9.17, 15) is 14.4 Å². The molecule has 0 fully saturated rings. The van der Waals surface area contributed by atoms with E-state index in [1.165, 1.54) is 18.4 Å². The summed E-state index contributed by atoms with van der Waals surface area (Å²) in [6.07, 6.45) is 3.29. The van der Waals surface area contributed by atoms with Gasteiger partial charge in [0.05, 0.1) is 12.7 Å². The second-order valence-corrected chi connectivity index (χ2v) is 7.10. The van der Waals surface area contributed by atoms with Crippen molar-refractivity contribution in [2.45, 2.75) is 25.7 Å². The number of fused-ring (bicyclic) bond motifs is 1. The molecule has 26 heavy (non-hydrogen) atoms. The quantitative estimate of drug-likeness (QED) is 0.623. The lowest BCUT2D eigenvalue weighted by Gasteiger charge is -2.08. The monoisotopic (exact) mass is 372 g/mol. The van der Waals surface area contributed by atoms with Crippen molar-refractivity contribution in [1.29, 1.82) is 0 Å². The number of anilines is 1. The average Bonchev–Trinajstić information content (AvgIpc) is 3.22. The molecular weight excluding hydrogens is 352 g/mol. The van der Waals surface area contributed by atoms with E-state index in [1.54, 1.807) is 0 Å². The Morgan fingerprint density at radius 3 is 2.62 bits per heavy atom. The number of rotatable bonds is 5. The smallest absolute Gasteiger partial charge is 0.341 e. The van der Waals surface area contributed by atoms with Crippen LogP contribution in [0.3, 0.4) is 0 Å². The van der Waals surface area contributed by atoms with E-state index in [0.717, 1.165) is 35.3 Å². The van der Waals surface area contributed by atoms with Gasteiger partial charge in [0.2, 0.25) is 0 Å². The molecule has 0 atom stereocenters. The summed E-state index contributed by atoms with van der Waals surface area (Å²) in [6.45, 7) is 0.362. The first-order valence-electron chi connectivity index (χ1n) is 8.46. The second-order valence-electron chi connectivity index (χ2n) is 6.00. The Kier molecular flexibility index (Phi) is 5.68. The number of hydrogen-bond acceptors (Lipinski definition) is 5. The molecule has 0 spiro atoms. The Labute approximate surface area is 155 Å². The van der Waals surface area contributed by atoms with Gasteiger partial charge in [-0.25, -0.2) is 4.79 Å². The maximum absolute atomic E-state index is 12.2. The molecule has 0 bridgehead atoms. The molecule has 2 aromatic rings. The predicted molar refractivity (Wildman–Crippen MR) is 99.5 cm³/mol. The minimum atomic E-state index is -0.775. The Bertz CT molecular complexity index is 830. The Morgan fingerprint density at radius 1 is 1.12 bits per heavy atom. The Balaban J connectivity index is 1.61. The van der Waals surface area contributed by atoms with Gasteiger partial charge in [-0.3, -0.25) is 9.59 Å². The average molecular weight is 372 g/mol. The molecule has 0 saturated carbocycles. The Hall–Kier alpha value is -2.67. The molecule has 2 amide bonds. The third-order valence-corrected chi connectivity index (χ3v) is 5.49. The van der Waals surface area contributed by atoms with Gasteiger partial charge in [0.1, 0.15) is 5.00 Å². The summed E-state index contributed by atoms with van der Waals surface area (Å²) in [7, 11) is 1.31. The SMILES string of the molecule is COC(=O)c1c(NC(=O)C(=O)NCCc2ccccc2)sc2c1CCC2. The van der Waals surface area contributed by atoms with Crippen LogP contribution in [0.2, 0.25) is 0 Å². The lowest BCUT2D eigenvalue weighted by atomic mass is 10.1. The van der Waals surface area contributed by atoms with Crippen LogP contribution < -0.4 is 10.6 Å². The number of benzene rings is 1. The van der Waals surface area contributed by atoms with Gasteiger partial charge >= 0.3 is 17.8 Å². The van der Waals surface area contributed by atoms with Crippen LogP contribution in [0.1, 0.15) is 32.8 Å². The van der Waals surface area contributed by atoms with Crippen LogP contribution in [-0.4, -0.2) is 31.4 Å². The zero-order chi connectivity index (χ0) is 18.5. The van der Waals surface area contributed by atoms with Crippen molar-refractivity contribution < 1.29 is 19.1 Å². The van der Waals surface area contributed by atoms with Gasteiger partial charge in [0.25, 0.3) is 0 Å². The fourth-order valence-corrected chi connectivity index (χ4v) is 4.29. The molecule has 1 aromatic carbocycles. The van der Waals surface area contributed by atoms with Crippen LogP contribution >= 0.6 is 11.3 Å². The first-order valence-corrected chi connectivity index (χ1v) is 9.27. The molecule has 1 aliphatic rings. The number of nitrogens with one attached hydrogen (secondary N) is 2. The second kappa shape index (κ2) is 8.14. The van der Waals surface area contributed by atoms with E-state index in [0.29, 0.717) is 23.5 Å². The molecule has 0 aliphatic heterocycles. The topological polar surface area (TPSA) is 84.5 Å². The van der Waals surface area contributed by atoms with Gasteiger partial charge in [-0.05, 0) is 36.8 Å². The van der Waals surface area contributed by atoms with Gasteiger partial charge in [0, 0.05) is 11.4 Å². The highest BCUT2D eigenvalue weighted by molar-refractivity contribution is 7.17. The van der Waals surface area contributed by atoms with Crippen molar-refractivity contribution >= 4 is 34.1 Å². The first kappa shape index (κ1) is 18.1. The van der Waals surface area contributed by atoms with E-state index in [-0.39, 0.29) is 0 Å². The number of amides is 2. The maximum atomic E-state index is 12.2. The number of carbonyl (C=O) groups excluding carboxylic acids is 3. The highest BCUT2D eigenvalue weighted by Crippen LogP contribution is 2.39. The van der Waals surface area contributed by atoms with Crippen LogP contribution in [0.5, 0.6) is 0 Å². The number of hydrogen-bond donors (Lipinski definition) is 2. The van der Waals surface area contributed by atoms with E-state index in [1.807, 2.05) is 30.3 Å². The standard InChI is InChI=1S/C19H20N2O4S/c1-25-19(24)15-13-8-5-9-14(13)26-18(15)21-17(23)16(22)20-11-10-12-6-3-2-4-7-12/h2-4,6-7H,5,8-11H2,1H3,(H,20,22)(H,21,23). The number of methoxy groups -OCH3 is 1. The number of aryl methyl sites for hydroxylation is 1. The summed E-state index contributed by atoms with van der Waals surface area (Å²) in [4.78, 5) is 37.3. The first-order chi connectivity index (χ1) is 12.6. The molecule has 0 saturated heterocycles. The van der Waals surface area contributed by atoms with E-state index >= 15 is 0 Å². The van der Waals surface area contributed by atoms with Crippen molar-refractivity contribution in [3.8, 4) is 0 Å². The van der Waals surface area contributed by atoms with Crippen LogP contribution in [0.4, 0.5) is 5.00 Å². The molecule has 1 aromatic heterocycles. The highest BCUT2D eigenvalue weighted by Gasteiger charge is 2.29. The van der Waals surface area contributed by atoms with Crippen molar-refractivity contribution in [3.05, 3.63) is 51.9 Å². The summed E-state index contributed by atoms with van der Waals surface area (Å²) in [5.41, 5.74) is 2.40. The number of ether oxygens (including phenoxy) is 1. The number of thiophene rings is 1. The van der Waals surface area contributed by atoms with Crippen molar-refractivity contribution in [2.75, 3.05) is 19.0 Å². The fraction of sp³-hybridized carbons (Fsp3) is 0.316. The zero-order valence-corrected chi connectivity index (χ0v) is 15.3. The molecule has 2 N–H and O–H groups in total. The molecule has 136 valence electrons. The van der Waals surface area contributed by atoms with Gasteiger partial charge in [0.15, 0.2) is 0 Å². The molecule has 0 radical (unpaired) electrons. The van der Waals surface area contributed by atoms with Crippen LogP contribution in [0.15, 0.2) is 30.3 Å². The van der Waals surface area contributed by atoms with Crippen molar-refractivity contribution in [2.24, 2.45) is 0 Å². The molecule has 1 heterocycles. The van der Waals surface area contributed by atoms with Gasteiger partial charge < -0.3 is 15.4 Å². The van der Waals surface area contributed by atoms with Gasteiger partial charge in [-0.2, -0.15) is 0 Å². The molecular formula is C19H20N2O4S. The van der Waals surface area contributed by atoms with Crippen LogP contribution in [0, 0.1) is 0 Å². The number of carbonyl (C=O) groups is 3. The van der Waals surface area contributed by atoms with E-state index in [4.69, 9.17) is 4.74 Å². The molecule has 1 aliphatic carbocycles. The summed E-state index contributed by atoms with van der Waals surface area (Å²) in [5, 5.41) is 5.56. The summed E-state index contributed by atoms with van der Waals surface area (Å²) in [5.74, 6) is -1.97. The highest BCUT2D eigenvalue weighted by atomic mass is 32.1. The number of esters is 1. The fourth-order valence-electron chi connectivity index (χ4n) is 3.02. The normalized spacial score (nSPS) is 12.3. The van der Waals surface area contributed by atoms with Crippen molar-refractivity contribution in [1.82, 2.24) is 5.32 Å². The van der Waals surface area contributed by atoms with Crippen molar-refractivity contribution in [3.63, 3.8) is 0 Å². The molecule has 6 nitrogen and oxygen atoms in total. The third-order valence-electron chi connectivity index (χ3n) is 4.29. The summed E-state index contributed by atoms with van der Waals surface area (Å²) in [6, 6.07) is 9.69. The third kappa shape index (κ3) is 3.94. The summed E-state index contributed by atoms with van der Waals surface area (Å²) < 4.78 is 4.83. The summed E-state index contributed by atoms with van der Waals surface area (Å²) >= 11 is 1.35. The lowest BCUT2D eigenvalue weighted by Crippen LogP contribution is -2.36. The minimum Gasteiger partial charge on any atom is -0.465 e. The molecule has 3 rings (SSSR count). The minimum absolute atomic E-state index is 0.362. The lowest BCUT2D eigenvalue weighted by molar-refractivity contribution is -0.136. The van der Waals surface area contributed by atoms with E-state index in [2.05, 4.69) is 10.6 Å². The van der Waals surface area contributed by atoms with Crippen LogP contribution in [-0.2, 0) is 33.6 Å². The molecule has 7 heteroatoms. The molecule has 0 unspecified atom stereocenters. The largest absolute Gasteiger partial charge is 0.465 e. The Morgan fingerprint density at radius 2 is 1.88 bits per heavy atom. The maximum Gasteiger partial charge on any atom is 0.341 e. The van der Waals surface area contributed by atoms with Gasteiger partial charge in [-0.1, -0.05) is 30.3 Å². The predicted octanol–water partition coefficient (Wildman–Crippen LogP) is 2.32. The van der Waals surface area contributed by atoms with Gasteiger partial charge in [-0.15, -0.1) is 11.3 Å².